The lowest BCUT2D eigenvalue weighted by atomic mass is 9.98. The van der Waals surface area contributed by atoms with Gasteiger partial charge in [0.05, 0.1) is 24.8 Å². The maximum absolute atomic E-state index is 13.7. The molecule has 0 radical (unpaired) electrons. The fourth-order valence-electron chi connectivity index (χ4n) is 3.55. The van der Waals surface area contributed by atoms with Crippen LogP contribution in [0.4, 0.5) is 18.9 Å². The molecule has 0 aliphatic carbocycles. The van der Waals surface area contributed by atoms with Crippen molar-refractivity contribution in [3.05, 3.63) is 73.9 Å². The summed E-state index contributed by atoms with van der Waals surface area (Å²) >= 11 is 3.33. The Kier molecular flexibility index (Phi) is 6.40. The molecule has 1 aromatic carbocycles. The molecule has 10 heteroatoms. The van der Waals surface area contributed by atoms with Crippen molar-refractivity contribution in [1.82, 2.24) is 10.2 Å². The highest BCUT2D eigenvalue weighted by atomic mass is 32.1. The van der Waals surface area contributed by atoms with E-state index in [9.17, 15) is 22.8 Å². The van der Waals surface area contributed by atoms with Gasteiger partial charge in [0.1, 0.15) is 0 Å². The van der Waals surface area contributed by atoms with Crippen LogP contribution in [0, 0.1) is 17.5 Å². The Hall–Kier alpha value is -2.69. The molecule has 0 unspecified atom stereocenters. The number of fused-ring (bicyclic) bond motifs is 1. The summed E-state index contributed by atoms with van der Waals surface area (Å²) in [6.45, 7) is 0.374. The molecule has 2 N–H and O–H groups in total. The largest absolute Gasteiger partial charge is 0.346 e. The molecule has 1 atom stereocenters. The molecule has 0 spiro atoms. The van der Waals surface area contributed by atoms with E-state index in [1.807, 2.05) is 17.5 Å². The van der Waals surface area contributed by atoms with Crippen molar-refractivity contribution in [2.45, 2.75) is 12.5 Å². The first kappa shape index (κ1) is 21.5. The highest BCUT2D eigenvalue weighted by molar-refractivity contribution is 7.10. The van der Waals surface area contributed by atoms with Gasteiger partial charge < -0.3 is 10.6 Å². The van der Waals surface area contributed by atoms with Gasteiger partial charge in [-0.05, 0) is 47.0 Å². The molecule has 2 amide bonds. The van der Waals surface area contributed by atoms with Crippen LogP contribution in [0.2, 0.25) is 0 Å². The van der Waals surface area contributed by atoms with Gasteiger partial charge in [-0.15, -0.1) is 22.7 Å². The van der Waals surface area contributed by atoms with Crippen LogP contribution in [0.1, 0.15) is 21.4 Å². The first-order chi connectivity index (χ1) is 14.9. The number of nitrogens with one attached hydrogen (secondary N) is 2. The van der Waals surface area contributed by atoms with Gasteiger partial charge in [-0.3, -0.25) is 14.5 Å². The van der Waals surface area contributed by atoms with Crippen molar-refractivity contribution in [3.8, 4) is 0 Å². The summed E-state index contributed by atoms with van der Waals surface area (Å²) < 4.78 is 39.9. The predicted octanol–water partition coefficient (Wildman–Crippen LogP) is 3.93. The lowest BCUT2D eigenvalue weighted by Crippen LogP contribution is -2.44. The van der Waals surface area contributed by atoms with Crippen molar-refractivity contribution >= 4 is 40.2 Å². The number of rotatable bonds is 6. The van der Waals surface area contributed by atoms with Gasteiger partial charge in [0.15, 0.2) is 17.5 Å². The topological polar surface area (TPSA) is 61.4 Å². The first-order valence-electron chi connectivity index (χ1n) is 9.48. The van der Waals surface area contributed by atoms with Crippen molar-refractivity contribution in [2.24, 2.45) is 0 Å². The summed E-state index contributed by atoms with van der Waals surface area (Å²) in [6.07, 6.45) is 0.845. The molecule has 3 heterocycles. The van der Waals surface area contributed by atoms with Crippen LogP contribution in [0.25, 0.3) is 0 Å². The summed E-state index contributed by atoms with van der Waals surface area (Å²) in [7, 11) is 0. The van der Waals surface area contributed by atoms with E-state index in [1.54, 1.807) is 22.7 Å². The number of carbonyl (C=O) groups is 2. The van der Waals surface area contributed by atoms with Crippen LogP contribution >= 0.6 is 22.7 Å². The highest BCUT2D eigenvalue weighted by Gasteiger charge is 2.31. The third-order valence-electron chi connectivity index (χ3n) is 4.98. The molecule has 0 saturated heterocycles. The lowest BCUT2D eigenvalue weighted by Gasteiger charge is -2.34. The first-order valence-corrected chi connectivity index (χ1v) is 11.2. The van der Waals surface area contributed by atoms with Crippen molar-refractivity contribution < 1.29 is 22.8 Å². The Morgan fingerprint density at radius 1 is 1.03 bits per heavy atom. The molecule has 4 rings (SSSR count). The zero-order valence-corrected chi connectivity index (χ0v) is 17.8. The van der Waals surface area contributed by atoms with Gasteiger partial charge in [0.2, 0.25) is 11.8 Å². The van der Waals surface area contributed by atoms with Gasteiger partial charge in [0.25, 0.3) is 0 Å². The van der Waals surface area contributed by atoms with Crippen LogP contribution < -0.4 is 10.6 Å². The van der Waals surface area contributed by atoms with Crippen LogP contribution in [0.3, 0.4) is 0 Å². The second-order valence-electron chi connectivity index (χ2n) is 6.99. The van der Waals surface area contributed by atoms with E-state index in [2.05, 4.69) is 27.0 Å². The summed E-state index contributed by atoms with van der Waals surface area (Å²) in [5.41, 5.74) is 0.704. The maximum atomic E-state index is 13.7. The quantitative estimate of drug-likeness (QED) is 0.543. The Bertz CT molecular complexity index is 1100. The van der Waals surface area contributed by atoms with Crippen LogP contribution in [-0.2, 0) is 16.0 Å². The van der Waals surface area contributed by atoms with Gasteiger partial charge >= 0.3 is 0 Å². The molecule has 31 heavy (non-hydrogen) atoms. The van der Waals surface area contributed by atoms with E-state index >= 15 is 0 Å². The Balaban J connectivity index is 1.36. The van der Waals surface area contributed by atoms with Crippen LogP contribution in [0.5, 0.6) is 0 Å². The molecule has 0 bridgehead atoms. The molecular weight excluding hydrogens is 447 g/mol. The number of thiophene rings is 2. The SMILES string of the molecule is O=C(CN1CCc2sccc2[C@H]1c1cccs1)NCC(=O)Nc1ccc(F)c(F)c1F. The highest BCUT2D eigenvalue weighted by Crippen LogP contribution is 2.39. The minimum absolute atomic E-state index is 0.0223. The molecule has 1 aliphatic heterocycles. The van der Waals surface area contributed by atoms with E-state index in [0.717, 1.165) is 17.4 Å². The Morgan fingerprint density at radius 2 is 1.87 bits per heavy atom. The van der Waals surface area contributed by atoms with E-state index in [1.165, 1.54) is 10.4 Å². The number of anilines is 1. The van der Waals surface area contributed by atoms with Crippen molar-refractivity contribution in [1.29, 1.82) is 0 Å². The number of halogens is 3. The maximum Gasteiger partial charge on any atom is 0.243 e. The Morgan fingerprint density at radius 3 is 2.65 bits per heavy atom. The minimum atomic E-state index is -1.67. The number of hydrogen-bond donors (Lipinski definition) is 2. The number of nitrogens with zero attached hydrogens (tertiary/aromatic N) is 1. The predicted molar refractivity (Wildman–Crippen MR) is 114 cm³/mol. The zero-order valence-electron chi connectivity index (χ0n) is 16.2. The van der Waals surface area contributed by atoms with Crippen molar-refractivity contribution in [2.75, 3.05) is 25.0 Å². The molecule has 162 valence electrons. The second-order valence-corrected chi connectivity index (χ2v) is 8.97. The number of hydrogen-bond acceptors (Lipinski definition) is 5. The summed E-state index contributed by atoms with van der Waals surface area (Å²) in [6, 6.07) is 7.71. The monoisotopic (exact) mass is 465 g/mol. The van der Waals surface area contributed by atoms with Gasteiger partial charge in [0, 0.05) is 16.3 Å². The Labute approximate surface area is 184 Å². The van der Waals surface area contributed by atoms with Gasteiger partial charge in [-0.1, -0.05) is 6.07 Å². The molecule has 3 aromatic rings. The van der Waals surface area contributed by atoms with Crippen LogP contribution in [-0.4, -0.2) is 36.3 Å². The summed E-state index contributed by atoms with van der Waals surface area (Å²) in [5.74, 6) is -5.61. The van der Waals surface area contributed by atoms with E-state index < -0.39 is 35.6 Å². The van der Waals surface area contributed by atoms with Gasteiger partial charge in [-0.25, -0.2) is 13.2 Å². The molecule has 2 aromatic heterocycles. The fourth-order valence-corrected chi connectivity index (χ4v) is 5.33. The average molecular weight is 466 g/mol. The summed E-state index contributed by atoms with van der Waals surface area (Å²) in [4.78, 5) is 29.0. The average Bonchev–Trinajstić information content (AvgIpc) is 3.44. The minimum Gasteiger partial charge on any atom is -0.346 e. The van der Waals surface area contributed by atoms with Crippen molar-refractivity contribution in [3.63, 3.8) is 0 Å². The van der Waals surface area contributed by atoms with Crippen LogP contribution in [0.15, 0.2) is 41.1 Å². The zero-order chi connectivity index (χ0) is 22.0. The smallest absolute Gasteiger partial charge is 0.243 e. The van der Waals surface area contributed by atoms with E-state index in [0.29, 0.717) is 12.6 Å². The van der Waals surface area contributed by atoms with E-state index in [4.69, 9.17) is 0 Å². The molecule has 1 aliphatic rings. The lowest BCUT2D eigenvalue weighted by molar-refractivity contribution is -0.125. The number of amides is 2. The second kappa shape index (κ2) is 9.21. The molecular formula is C21H18F3N3O2S2. The number of benzene rings is 1. The normalized spacial score (nSPS) is 16.0. The third kappa shape index (κ3) is 4.65. The standard InChI is InChI=1S/C21H18F3N3O2S2/c22-13-3-4-14(20(24)19(13)23)26-17(28)10-25-18(29)11-27-7-5-15-12(6-9-31-15)21(27)16-2-1-8-30-16/h1-4,6,8-9,21H,5,7,10-11H2,(H,25,29)(H,26,28)/t21-/m0/s1. The number of carbonyl (C=O) groups excluding carboxylic acids is 2. The summed E-state index contributed by atoms with van der Waals surface area (Å²) in [5, 5.41) is 8.68. The molecule has 0 saturated carbocycles. The molecule has 5 nitrogen and oxygen atoms in total. The van der Waals surface area contributed by atoms with Gasteiger partial charge in [-0.2, -0.15) is 0 Å². The van der Waals surface area contributed by atoms with E-state index in [-0.39, 0.29) is 18.5 Å². The molecule has 0 fully saturated rings. The fraction of sp³-hybridized carbons (Fsp3) is 0.238. The third-order valence-corrected chi connectivity index (χ3v) is 6.90.